The SMILES string of the molecule is CCCCOCC(C)OCC(C)OCC(C)OCC(=O)O. The monoisotopic (exact) mass is 306 g/mol. The number of hydrogen-bond acceptors (Lipinski definition) is 5. The summed E-state index contributed by atoms with van der Waals surface area (Å²) in [7, 11) is 0. The lowest BCUT2D eigenvalue weighted by Gasteiger charge is -2.19. The van der Waals surface area contributed by atoms with Crippen LogP contribution in [0.3, 0.4) is 0 Å². The first-order valence-electron chi connectivity index (χ1n) is 7.60. The molecule has 0 saturated carbocycles. The molecule has 0 heterocycles. The zero-order chi connectivity index (χ0) is 16.1. The van der Waals surface area contributed by atoms with Gasteiger partial charge in [0.2, 0.25) is 0 Å². The van der Waals surface area contributed by atoms with Gasteiger partial charge in [0.25, 0.3) is 0 Å². The van der Waals surface area contributed by atoms with Crippen LogP contribution >= 0.6 is 0 Å². The minimum absolute atomic E-state index is 0.0357. The van der Waals surface area contributed by atoms with E-state index >= 15 is 0 Å². The Morgan fingerprint density at radius 3 is 2.00 bits per heavy atom. The molecule has 126 valence electrons. The second-order valence-corrected chi connectivity index (χ2v) is 5.23. The van der Waals surface area contributed by atoms with Gasteiger partial charge >= 0.3 is 5.97 Å². The van der Waals surface area contributed by atoms with Gasteiger partial charge in [0.15, 0.2) is 0 Å². The molecule has 0 aromatic rings. The van der Waals surface area contributed by atoms with Crippen LogP contribution in [-0.4, -0.2) is 62.4 Å². The van der Waals surface area contributed by atoms with E-state index in [9.17, 15) is 4.79 Å². The summed E-state index contributed by atoms with van der Waals surface area (Å²) in [5.41, 5.74) is 0. The molecule has 3 unspecified atom stereocenters. The number of hydrogen-bond donors (Lipinski definition) is 1. The lowest BCUT2D eigenvalue weighted by atomic mass is 10.3. The third-order valence-corrected chi connectivity index (χ3v) is 2.72. The molecule has 6 heteroatoms. The molecule has 0 aromatic carbocycles. The molecule has 3 atom stereocenters. The van der Waals surface area contributed by atoms with E-state index < -0.39 is 5.97 Å². The Labute approximate surface area is 127 Å². The van der Waals surface area contributed by atoms with Crippen molar-refractivity contribution in [3.8, 4) is 0 Å². The van der Waals surface area contributed by atoms with Gasteiger partial charge in [0, 0.05) is 6.61 Å². The number of aliphatic carboxylic acids is 1. The molecule has 0 aliphatic rings. The van der Waals surface area contributed by atoms with E-state index in [1.807, 2.05) is 13.8 Å². The van der Waals surface area contributed by atoms with E-state index in [4.69, 9.17) is 24.1 Å². The summed E-state index contributed by atoms with van der Waals surface area (Å²) in [4.78, 5) is 10.3. The summed E-state index contributed by atoms with van der Waals surface area (Å²) in [5.74, 6) is -0.977. The quantitative estimate of drug-likeness (QED) is 0.495. The maximum absolute atomic E-state index is 10.3. The highest BCUT2D eigenvalue weighted by molar-refractivity contribution is 5.68. The first kappa shape index (κ1) is 20.3. The zero-order valence-electron chi connectivity index (χ0n) is 13.7. The molecule has 1 N–H and O–H groups in total. The van der Waals surface area contributed by atoms with Crippen LogP contribution in [0.15, 0.2) is 0 Å². The average Bonchev–Trinajstić information content (AvgIpc) is 2.45. The molecule has 0 aromatic heterocycles. The lowest BCUT2D eigenvalue weighted by molar-refractivity contribution is -0.146. The van der Waals surface area contributed by atoms with E-state index in [1.165, 1.54) is 0 Å². The van der Waals surface area contributed by atoms with Crippen LogP contribution in [0.2, 0.25) is 0 Å². The van der Waals surface area contributed by atoms with Crippen molar-refractivity contribution >= 4 is 5.97 Å². The Morgan fingerprint density at radius 1 is 0.952 bits per heavy atom. The second-order valence-electron chi connectivity index (χ2n) is 5.23. The number of unbranched alkanes of at least 4 members (excludes halogenated alkanes) is 1. The van der Waals surface area contributed by atoms with Crippen molar-refractivity contribution < 1.29 is 28.8 Å². The summed E-state index contributed by atoms with van der Waals surface area (Å²) in [6.45, 7) is 9.67. The molecular weight excluding hydrogens is 276 g/mol. The molecule has 0 rings (SSSR count). The summed E-state index contributed by atoms with van der Waals surface area (Å²) in [5, 5.41) is 8.49. The third kappa shape index (κ3) is 14.0. The van der Waals surface area contributed by atoms with Crippen molar-refractivity contribution in [2.45, 2.75) is 58.8 Å². The minimum Gasteiger partial charge on any atom is -0.480 e. The Morgan fingerprint density at radius 2 is 1.48 bits per heavy atom. The summed E-state index contributed by atoms with van der Waals surface area (Å²) >= 11 is 0. The van der Waals surface area contributed by atoms with Crippen molar-refractivity contribution in [3.05, 3.63) is 0 Å². The smallest absolute Gasteiger partial charge is 0.329 e. The standard InChI is InChI=1S/C15H30O6/c1-5-6-7-18-8-12(2)19-9-13(3)20-10-14(4)21-11-15(16)17/h12-14H,5-11H2,1-4H3,(H,16,17). The zero-order valence-corrected chi connectivity index (χ0v) is 13.7. The highest BCUT2D eigenvalue weighted by Crippen LogP contribution is 2.01. The third-order valence-electron chi connectivity index (χ3n) is 2.72. The molecule has 0 amide bonds. The number of carboxylic acids is 1. The topological polar surface area (TPSA) is 74.2 Å². The summed E-state index contributed by atoms with van der Waals surface area (Å²) in [6, 6.07) is 0. The maximum atomic E-state index is 10.3. The van der Waals surface area contributed by atoms with E-state index in [1.54, 1.807) is 6.92 Å². The van der Waals surface area contributed by atoms with Crippen LogP contribution in [0.5, 0.6) is 0 Å². The molecule has 0 bridgehead atoms. The van der Waals surface area contributed by atoms with Crippen LogP contribution in [0.1, 0.15) is 40.5 Å². The highest BCUT2D eigenvalue weighted by atomic mass is 16.6. The van der Waals surface area contributed by atoms with Gasteiger partial charge in [0.1, 0.15) is 6.61 Å². The van der Waals surface area contributed by atoms with Gasteiger partial charge in [-0.3, -0.25) is 0 Å². The molecule has 0 fully saturated rings. The highest BCUT2D eigenvalue weighted by Gasteiger charge is 2.10. The van der Waals surface area contributed by atoms with Gasteiger partial charge in [-0.2, -0.15) is 0 Å². The van der Waals surface area contributed by atoms with Crippen molar-refractivity contribution in [1.82, 2.24) is 0 Å². The van der Waals surface area contributed by atoms with Gasteiger partial charge in [0.05, 0.1) is 38.1 Å². The molecule has 21 heavy (non-hydrogen) atoms. The maximum Gasteiger partial charge on any atom is 0.329 e. The first-order valence-corrected chi connectivity index (χ1v) is 7.60. The second kappa shape index (κ2) is 13.0. The number of ether oxygens (including phenoxy) is 4. The van der Waals surface area contributed by atoms with Crippen LogP contribution in [-0.2, 0) is 23.7 Å². The largest absolute Gasteiger partial charge is 0.480 e. The Balaban J connectivity index is 3.55. The fourth-order valence-corrected chi connectivity index (χ4v) is 1.45. The van der Waals surface area contributed by atoms with Gasteiger partial charge in [-0.15, -0.1) is 0 Å². The predicted octanol–water partition coefficient (Wildman–Crippen LogP) is 2.10. The van der Waals surface area contributed by atoms with E-state index in [0.717, 1.165) is 19.4 Å². The van der Waals surface area contributed by atoms with Crippen molar-refractivity contribution in [2.75, 3.05) is 33.0 Å². The van der Waals surface area contributed by atoms with Crippen molar-refractivity contribution in [1.29, 1.82) is 0 Å². The number of carbonyl (C=O) groups is 1. The van der Waals surface area contributed by atoms with Gasteiger partial charge in [-0.25, -0.2) is 4.79 Å². The molecule has 0 aliphatic heterocycles. The molecule has 0 radical (unpaired) electrons. The summed E-state index contributed by atoms with van der Waals surface area (Å²) in [6.07, 6.45) is 1.91. The molecular formula is C15H30O6. The van der Waals surface area contributed by atoms with Crippen LogP contribution < -0.4 is 0 Å². The normalized spacial score (nSPS) is 15.6. The Bertz CT molecular complexity index is 259. The van der Waals surface area contributed by atoms with E-state index in [0.29, 0.717) is 19.8 Å². The van der Waals surface area contributed by atoms with E-state index in [-0.39, 0.29) is 24.9 Å². The Hall–Kier alpha value is -0.690. The van der Waals surface area contributed by atoms with E-state index in [2.05, 4.69) is 6.92 Å². The Kier molecular flexibility index (Phi) is 12.6. The van der Waals surface area contributed by atoms with Crippen molar-refractivity contribution in [2.24, 2.45) is 0 Å². The minimum atomic E-state index is -0.977. The molecule has 0 spiro atoms. The van der Waals surface area contributed by atoms with Gasteiger partial charge < -0.3 is 24.1 Å². The van der Waals surface area contributed by atoms with Gasteiger partial charge in [-0.1, -0.05) is 13.3 Å². The average molecular weight is 306 g/mol. The predicted molar refractivity (Wildman–Crippen MR) is 79.6 cm³/mol. The fraction of sp³-hybridized carbons (Fsp3) is 0.933. The molecule has 6 nitrogen and oxygen atoms in total. The summed E-state index contributed by atoms with van der Waals surface area (Å²) < 4.78 is 21.7. The van der Waals surface area contributed by atoms with Crippen molar-refractivity contribution in [3.63, 3.8) is 0 Å². The van der Waals surface area contributed by atoms with Crippen LogP contribution in [0.25, 0.3) is 0 Å². The fourth-order valence-electron chi connectivity index (χ4n) is 1.45. The van der Waals surface area contributed by atoms with Crippen LogP contribution in [0.4, 0.5) is 0 Å². The number of rotatable bonds is 14. The lowest BCUT2D eigenvalue weighted by Crippen LogP contribution is -2.27. The molecule has 0 saturated heterocycles. The van der Waals surface area contributed by atoms with Crippen LogP contribution in [0, 0.1) is 0 Å². The van der Waals surface area contributed by atoms with Gasteiger partial charge in [-0.05, 0) is 27.2 Å². The molecule has 0 aliphatic carbocycles. The first-order chi connectivity index (χ1) is 9.95. The number of carboxylic acid groups (broad SMARTS) is 1.